The molecule has 0 spiro atoms. The quantitative estimate of drug-likeness (QED) is 0.884. The van der Waals surface area contributed by atoms with Gasteiger partial charge in [-0.25, -0.2) is 4.98 Å². The van der Waals surface area contributed by atoms with Gasteiger partial charge in [-0.15, -0.1) is 11.3 Å². The summed E-state index contributed by atoms with van der Waals surface area (Å²) >= 11 is 1.61. The lowest BCUT2D eigenvalue weighted by Crippen LogP contribution is -2.43. The number of fused-ring (bicyclic) bond motifs is 1. The molecule has 1 aromatic heterocycles. The standard InChI is InChI=1S/C13H14N2OS/c14-13(7-10-8-17-9-15-10)5-6-16-12-4-2-1-3-11(12)13/h1-4,8-9H,5-7,14H2. The van der Waals surface area contributed by atoms with Crippen molar-refractivity contribution in [2.75, 3.05) is 6.61 Å². The van der Waals surface area contributed by atoms with Crippen LogP contribution in [0, 0.1) is 0 Å². The summed E-state index contributed by atoms with van der Waals surface area (Å²) in [5.41, 5.74) is 10.2. The molecule has 2 heterocycles. The molecule has 0 aliphatic carbocycles. The highest BCUT2D eigenvalue weighted by molar-refractivity contribution is 7.07. The van der Waals surface area contributed by atoms with Crippen molar-refractivity contribution >= 4 is 11.3 Å². The van der Waals surface area contributed by atoms with Gasteiger partial charge in [-0.3, -0.25) is 0 Å². The molecular formula is C13H14N2OS. The van der Waals surface area contributed by atoms with Crippen LogP contribution in [0.3, 0.4) is 0 Å². The SMILES string of the molecule is NC1(Cc2cscn2)CCOc2ccccc21. The van der Waals surface area contributed by atoms with Gasteiger partial charge in [0.05, 0.1) is 23.4 Å². The van der Waals surface area contributed by atoms with Crippen LogP contribution in [0.25, 0.3) is 0 Å². The smallest absolute Gasteiger partial charge is 0.124 e. The first-order valence-electron chi connectivity index (χ1n) is 5.66. The van der Waals surface area contributed by atoms with Crippen LogP contribution in [-0.4, -0.2) is 11.6 Å². The number of nitrogens with two attached hydrogens (primary N) is 1. The summed E-state index contributed by atoms with van der Waals surface area (Å²) in [4.78, 5) is 4.33. The third kappa shape index (κ3) is 1.94. The monoisotopic (exact) mass is 246 g/mol. The minimum absolute atomic E-state index is 0.344. The Balaban J connectivity index is 1.98. The summed E-state index contributed by atoms with van der Waals surface area (Å²) in [7, 11) is 0. The van der Waals surface area contributed by atoms with Gasteiger partial charge in [0.15, 0.2) is 0 Å². The van der Waals surface area contributed by atoms with Crippen molar-refractivity contribution in [3.63, 3.8) is 0 Å². The highest BCUT2D eigenvalue weighted by Crippen LogP contribution is 2.37. The molecule has 0 saturated heterocycles. The Labute approximate surface area is 104 Å². The Morgan fingerprint density at radius 2 is 2.29 bits per heavy atom. The molecule has 0 fully saturated rings. The highest BCUT2D eigenvalue weighted by Gasteiger charge is 2.34. The second-order valence-corrected chi connectivity index (χ2v) is 5.13. The third-order valence-electron chi connectivity index (χ3n) is 3.21. The normalized spacial score (nSPS) is 22.9. The van der Waals surface area contributed by atoms with Crippen LogP contribution < -0.4 is 10.5 Å². The first-order chi connectivity index (χ1) is 8.28. The predicted octanol–water partition coefficient (Wildman–Crippen LogP) is 2.32. The number of ether oxygens (including phenoxy) is 1. The molecule has 2 N–H and O–H groups in total. The summed E-state index contributed by atoms with van der Waals surface area (Å²) < 4.78 is 5.64. The average molecular weight is 246 g/mol. The molecule has 88 valence electrons. The van der Waals surface area contributed by atoms with E-state index in [1.807, 2.05) is 23.7 Å². The van der Waals surface area contributed by atoms with Gasteiger partial charge in [0.25, 0.3) is 0 Å². The molecule has 1 atom stereocenters. The molecule has 0 amide bonds. The van der Waals surface area contributed by atoms with Crippen molar-refractivity contribution in [3.8, 4) is 5.75 Å². The topological polar surface area (TPSA) is 48.1 Å². The molecule has 2 aromatic rings. The average Bonchev–Trinajstić information content (AvgIpc) is 2.82. The van der Waals surface area contributed by atoms with Crippen LogP contribution in [0.4, 0.5) is 0 Å². The number of aromatic nitrogens is 1. The second-order valence-electron chi connectivity index (χ2n) is 4.41. The predicted molar refractivity (Wildman–Crippen MR) is 68.2 cm³/mol. The van der Waals surface area contributed by atoms with Crippen molar-refractivity contribution in [1.29, 1.82) is 0 Å². The first-order valence-corrected chi connectivity index (χ1v) is 6.60. The molecule has 3 rings (SSSR count). The van der Waals surface area contributed by atoms with E-state index in [4.69, 9.17) is 10.5 Å². The number of hydrogen-bond donors (Lipinski definition) is 1. The zero-order chi connectivity index (χ0) is 11.7. The van der Waals surface area contributed by atoms with Crippen LogP contribution in [0.2, 0.25) is 0 Å². The van der Waals surface area contributed by atoms with Gasteiger partial charge < -0.3 is 10.5 Å². The maximum absolute atomic E-state index is 6.55. The zero-order valence-electron chi connectivity index (χ0n) is 9.43. The van der Waals surface area contributed by atoms with E-state index in [1.165, 1.54) is 0 Å². The van der Waals surface area contributed by atoms with E-state index in [0.29, 0.717) is 6.61 Å². The van der Waals surface area contributed by atoms with Gasteiger partial charge in [0, 0.05) is 23.8 Å². The van der Waals surface area contributed by atoms with Crippen molar-refractivity contribution in [2.24, 2.45) is 5.73 Å². The van der Waals surface area contributed by atoms with E-state index >= 15 is 0 Å². The number of para-hydroxylation sites is 1. The van der Waals surface area contributed by atoms with Crippen molar-refractivity contribution in [3.05, 3.63) is 46.4 Å². The fourth-order valence-electron chi connectivity index (χ4n) is 2.31. The number of nitrogens with zero attached hydrogens (tertiary/aromatic N) is 1. The van der Waals surface area contributed by atoms with E-state index in [9.17, 15) is 0 Å². The number of benzene rings is 1. The summed E-state index contributed by atoms with van der Waals surface area (Å²) in [5, 5.41) is 2.06. The number of hydrogen-bond acceptors (Lipinski definition) is 4. The molecule has 1 aromatic carbocycles. The first kappa shape index (κ1) is 10.7. The van der Waals surface area contributed by atoms with Gasteiger partial charge in [-0.2, -0.15) is 0 Å². The maximum atomic E-state index is 6.55. The van der Waals surface area contributed by atoms with Gasteiger partial charge >= 0.3 is 0 Å². The molecule has 3 nitrogen and oxygen atoms in total. The molecule has 1 aliphatic rings. The van der Waals surface area contributed by atoms with E-state index in [1.54, 1.807) is 11.3 Å². The Morgan fingerprint density at radius 3 is 3.12 bits per heavy atom. The van der Waals surface area contributed by atoms with Crippen molar-refractivity contribution in [1.82, 2.24) is 4.98 Å². The minimum Gasteiger partial charge on any atom is -0.493 e. The molecular weight excluding hydrogens is 232 g/mol. The van der Waals surface area contributed by atoms with Gasteiger partial charge in [0.1, 0.15) is 5.75 Å². The third-order valence-corrected chi connectivity index (χ3v) is 3.84. The summed E-state index contributed by atoms with van der Waals surface area (Å²) in [6.07, 6.45) is 1.61. The Morgan fingerprint density at radius 1 is 1.41 bits per heavy atom. The summed E-state index contributed by atoms with van der Waals surface area (Å²) in [6.45, 7) is 0.678. The lowest BCUT2D eigenvalue weighted by molar-refractivity contribution is 0.215. The number of thiazole rings is 1. The molecule has 0 radical (unpaired) electrons. The van der Waals surface area contributed by atoms with Crippen LogP contribution in [0.15, 0.2) is 35.2 Å². The Bertz CT molecular complexity index is 512. The lowest BCUT2D eigenvalue weighted by Gasteiger charge is -2.35. The zero-order valence-corrected chi connectivity index (χ0v) is 10.2. The highest BCUT2D eigenvalue weighted by atomic mass is 32.1. The fourth-order valence-corrected chi connectivity index (χ4v) is 2.87. The summed E-state index contributed by atoms with van der Waals surface area (Å²) in [6, 6.07) is 8.03. The molecule has 1 aliphatic heterocycles. The van der Waals surface area contributed by atoms with Crippen molar-refractivity contribution in [2.45, 2.75) is 18.4 Å². The van der Waals surface area contributed by atoms with Crippen molar-refractivity contribution < 1.29 is 4.74 Å². The van der Waals surface area contributed by atoms with E-state index in [-0.39, 0.29) is 5.54 Å². The number of rotatable bonds is 2. The van der Waals surface area contributed by atoms with E-state index < -0.39 is 0 Å². The fraction of sp³-hybridized carbons (Fsp3) is 0.308. The van der Waals surface area contributed by atoms with Gasteiger partial charge in [0.2, 0.25) is 0 Å². The molecule has 17 heavy (non-hydrogen) atoms. The molecule has 0 saturated carbocycles. The Kier molecular flexibility index (Phi) is 2.61. The summed E-state index contributed by atoms with van der Waals surface area (Å²) in [5.74, 6) is 0.913. The molecule has 4 heteroatoms. The van der Waals surface area contributed by atoms with Crippen LogP contribution in [0.5, 0.6) is 5.75 Å². The molecule has 1 unspecified atom stereocenters. The van der Waals surface area contributed by atoms with Gasteiger partial charge in [-0.1, -0.05) is 18.2 Å². The maximum Gasteiger partial charge on any atom is 0.124 e. The lowest BCUT2D eigenvalue weighted by atomic mass is 9.82. The van der Waals surface area contributed by atoms with E-state index in [0.717, 1.165) is 29.8 Å². The second kappa shape index (κ2) is 4.13. The minimum atomic E-state index is -0.344. The van der Waals surface area contributed by atoms with Crippen LogP contribution >= 0.6 is 11.3 Å². The Hall–Kier alpha value is -1.39. The van der Waals surface area contributed by atoms with E-state index in [2.05, 4.69) is 16.4 Å². The van der Waals surface area contributed by atoms with Gasteiger partial charge in [-0.05, 0) is 6.07 Å². The largest absolute Gasteiger partial charge is 0.493 e. The molecule has 0 bridgehead atoms. The van der Waals surface area contributed by atoms with Crippen LogP contribution in [-0.2, 0) is 12.0 Å². The van der Waals surface area contributed by atoms with Crippen LogP contribution in [0.1, 0.15) is 17.7 Å².